The number of carbonyl (C=O) groups excluding carboxylic acids is 1. The highest BCUT2D eigenvalue weighted by atomic mass is 16.6. The standard InChI is InChI=1S/C8H14O3/c1-3-5-6-8(10)11-7(9)4-2/h4,8,10H,2-3,5-6H2,1H3. The van der Waals surface area contributed by atoms with Crippen LogP contribution in [0.3, 0.4) is 0 Å². The van der Waals surface area contributed by atoms with E-state index in [1.54, 1.807) is 0 Å². The highest BCUT2D eigenvalue weighted by Gasteiger charge is 2.06. The fraction of sp³-hybridized carbons (Fsp3) is 0.625. The summed E-state index contributed by atoms with van der Waals surface area (Å²) in [5.74, 6) is -0.575. The van der Waals surface area contributed by atoms with Crippen molar-refractivity contribution in [2.45, 2.75) is 32.5 Å². The first-order valence-corrected chi connectivity index (χ1v) is 3.71. The third-order valence-electron chi connectivity index (χ3n) is 1.22. The fourth-order valence-corrected chi connectivity index (χ4v) is 0.620. The minimum Gasteiger partial charge on any atom is -0.433 e. The smallest absolute Gasteiger partial charge is 0.332 e. The van der Waals surface area contributed by atoms with Gasteiger partial charge in [0.2, 0.25) is 6.29 Å². The van der Waals surface area contributed by atoms with Gasteiger partial charge in [-0.05, 0) is 6.42 Å². The summed E-state index contributed by atoms with van der Waals surface area (Å²) >= 11 is 0. The summed E-state index contributed by atoms with van der Waals surface area (Å²) in [5, 5.41) is 8.99. The van der Waals surface area contributed by atoms with Gasteiger partial charge in [-0.2, -0.15) is 0 Å². The maximum Gasteiger partial charge on any atom is 0.332 e. The Kier molecular flexibility index (Phi) is 5.47. The third-order valence-corrected chi connectivity index (χ3v) is 1.22. The van der Waals surface area contributed by atoms with Crippen LogP contribution in [0.15, 0.2) is 12.7 Å². The van der Waals surface area contributed by atoms with Gasteiger partial charge in [0.1, 0.15) is 0 Å². The van der Waals surface area contributed by atoms with Gasteiger partial charge in [-0.15, -0.1) is 0 Å². The second kappa shape index (κ2) is 5.92. The van der Waals surface area contributed by atoms with Gasteiger partial charge in [0, 0.05) is 12.5 Å². The molecule has 1 unspecified atom stereocenters. The zero-order valence-corrected chi connectivity index (χ0v) is 6.75. The molecule has 1 atom stereocenters. The Balaban J connectivity index is 3.43. The van der Waals surface area contributed by atoms with Crippen molar-refractivity contribution < 1.29 is 14.6 Å². The van der Waals surface area contributed by atoms with Crippen LogP contribution in [0.1, 0.15) is 26.2 Å². The van der Waals surface area contributed by atoms with Crippen LogP contribution in [-0.4, -0.2) is 17.4 Å². The van der Waals surface area contributed by atoms with Crippen LogP contribution in [0.2, 0.25) is 0 Å². The molecule has 64 valence electrons. The van der Waals surface area contributed by atoms with Crippen LogP contribution in [0, 0.1) is 0 Å². The SMILES string of the molecule is C=CC(=O)OC(O)CCCC. The first-order valence-electron chi connectivity index (χ1n) is 3.71. The predicted molar refractivity (Wildman–Crippen MR) is 41.8 cm³/mol. The molecule has 0 saturated carbocycles. The molecule has 3 nitrogen and oxygen atoms in total. The molecule has 0 aromatic carbocycles. The van der Waals surface area contributed by atoms with E-state index in [9.17, 15) is 4.79 Å². The molecule has 0 amide bonds. The summed E-state index contributed by atoms with van der Waals surface area (Å²) in [6, 6.07) is 0. The van der Waals surface area contributed by atoms with E-state index in [4.69, 9.17) is 5.11 Å². The Morgan fingerprint density at radius 1 is 1.82 bits per heavy atom. The molecule has 1 N–H and O–H groups in total. The molecule has 3 heteroatoms. The van der Waals surface area contributed by atoms with Gasteiger partial charge >= 0.3 is 5.97 Å². The average molecular weight is 158 g/mol. The lowest BCUT2D eigenvalue weighted by Gasteiger charge is -2.08. The van der Waals surface area contributed by atoms with E-state index in [1.165, 1.54) is 0 Å². The zero-order chi connectivity index (χ0) is 8.69. The normalized spacial score (nSPS) is 12.2. The van der Waals surface area contributed by atoms with Crippen LogP contribution >= 0.6 is 0 Å². The molecule has 0 radical (unpaired) electrons. The number of aliphatic hydroxyl groups excluding tert-OH is 1. The predicted octanol–water partition coefficient (Wildman–Crippen LogP) is 1.22. The van der Waals surface area contributed by atoms with Gasteiger partial charge in [-0.25, -0.2) is 4.79 Å². The van der Waals surface area contributed by atoms with Gasteiger partial charge in [0.05, 0.1) is 0 Å². The molecule has 11 heavy (non-hydrogen) atoms. The molecule has 0 aliphatic rings. The molecule has 0 aliphatic heterocycles. The second-order valence-corrected chi connectivity index (χ2v) is 2.24. The van der Waals surface area contributed by atoms with Crippen molar-refractivity contribution in [1.82, 2.24) is 0 Å². The Labute approximate surface area is 66.7 Å². The quantitative estimate of drug-likeness (QED) is 0.372. The fourth-order valence-electron chi connectivity index (χ4n) is 0.620. The Morgan fingerprint density at radius 3 is 2.91 bits per heavy atom. The highest BCUT2D eigenvalue weighted by molar-refractivity contribution is 5.81. The Morgan fingerprint density at radius 2 is 2.45 bits per heavy atom. The van der Waals surface area contributed by atoms with Gasteiger partial charge in [0.25, 0.3) is 0 Å². The second-order valence-electron chi connectivity index (χ2n) is 2.24. The first-order chi connectivity index (χ1) is 5.20. The molecule has 0 bridgehead atoms. The highest BCUT2D eigenvalue weighted by Crippen LogP contribution is 2.01. The van der Waals surface area contributed by atoms with E-state index in [0.29, 0.717) is 6.42 Å². The van der Waals surface area contributed by atoms with E-state index in [2.05, 4.69) is 11.3 Å². The number of aliphatic hydroxyl groups is 1. The molecule has 0 rings (SSSR count). The minimum atomic E-state index is -0.972. The van der Waals surface area contributed by atoms with Crippen molar-refractivity contribution >= 4 is 5.97 Å². The Bertz CT molecular complexity index is 131. The molecule has 0 fully saturated rings. The van der Waals surface area contributed by atoms with Gasteiger partial charge in [-0.3, -0.25) is 0 Å². The monoisotopic (exact) mass is 158 g/mol. The Hall–Kier alpha value is -0.830. The lowest BCUT2D eigenvalue weighted by molar-refractivity contribution is -0.162. The topological polar surface area (TPSA) is 46.5 Å². The van der Waals surface area contributed by atoms with Crippen LogP contribution in [0.25, 0.3) is 0 Å². The van der Waals surface area contributed by atoms with Gasteiger partial charge < -0.3 is 9.84 Å². The maximum absolute atomic E-state index is 10.5. The molecule has 0 aliphatic carbocycles. The molecule has 0 aromatic heterocycles. The number of rotatable bonds is 5. The molecule has 0 saturated heterocycles. The lowest BCUT2D eigenvalue weighted by Crippen LogP contribution is -2.15. The van der Waals surface area contributed by atoms with Crippen molar-refractivity contribution in [3.05, 3.63) is 12.7 Å². The van der Waals surface area contributed by atoms with E-state index < -0.39 is 12.3 Å². The van der Waals surface area contributed by atoms with Crippen LogP contribution in [0.5, 0.6) is 0 Å². The average Bonchev–Trinajstić information content (AvgIpc) is 2.00. The number of ether oxygens (including phenoxy) is 1. The van der Waals surface area contributed by atoms with Crippen molar-refractivity contribution in [1.29, 1.82) is 0 Å². The third kappa shape index (κ3) is 5.61. The zero-order valence-electron chi connectivity index (χ0n) is 6.75. The first kappa shape index (κ1) is 10.2. The molecular weight excluding hydrogens is 144 g/mol. The largest absolute Gasteiger partial charge is 0.433 e. The number of unbranched alkanes of at least 4 members (excludes halogenated alkanes) is 1. The number of hydrogen-bond donors (Lipinski definition) is 1. The van der Waals surface area contributed by atoms with Crippen molar-refractivity contribution in [2.75, 3.05) is 0 Å². The van der Waals surface area contributed by atoms with Gasteiger partial charge in [0.15, 0.2) is 0 Å². The van der Waals surface area contributed by atoms with Crippen LogP contribution in [-0.2, 0) is 9.53 Å². The summed E-state index contributed by atoms with van der Waals surface area (Å²) in [6.45, 7) is 5.21. The summed E-state index contributed by atoms with van der Waals surface area (Å²) in [4.78, 5) is 10.5. The summed E-state index contributed by atoms with van der Waals surface area (Å²) in [7, 11) is 0. The van der Waals surface area contributed by atoms with Crippen molar-refractivity contribution in [3.8, 4) is 0 Å². The molecule has 0 aromatic rings. The van der Waals surface area contributed by atoms with Crippen molar-refractivity contribution in [3.63, 3.8) is 0 Å². The molecular formula is C8H14O3. The number of esters is 1. The van der Waals surface area contributed by atoms with E-state index >= 15 is 0 Å². The van der Waals surface area contributed by atoms with E-state index in [-0.39, 0.29) is 0 Å². The van der Waals surface area contributed by atoms with Crippen LogP contribution in [0.4, 0.5) is 0 Å². The summed E-state index contributed by atoms with van der Waals surface area (Å²) in [5.41, 5.74) is 0. The van der Waals surface area contributed by atoms with Gasteiger partial charge in [-0.1, -0.05) is 19.9 Å². The lowest BCUT2D eigenvalue weighted by atomic mass is 10.2. The van der Waals surface area contributed by atoms with Crippen molar-refractivity contribution in [2.24, 2.45) is 0 Å². The van der Waals surface area contributed by atoms with Crippen LogP contribution < -0.4 is 0 Å². The van der Waals surface area contributed by atoms with E-state index in [1.807, 2.05) is 6.92 Å². The van der Waals surface area contributed by atoms with E-state index in [0.717, 1.165) is 18.9 Å². The number of carbonyl (C=O) groups is 1. The maximum atomic E-state index is 10.5. The summed E-state index contributed by atoms with van der Waals surface area (Å²) in [6.07, 6.45) is 2.39. The minimum absolute atomic E-state index is 0.496. The number of hydrogen-bond acceptors (Lipinski definition) is 3. The molecule has 0 heterocycles. The summed E-state index contributed by atoms with van der Waals surface area (Å²) < 4.78 is 4.50. The molecule has 0 spiro atoms.